The first kappa shape index (κ1) is 19.6. The summed E-state index contributed by atoms with van der Waals surface area (Å²) in [6, 6.07) is 20.6. The minimum atomic E-state index is -0.274. The van der Waals surface area contributed by atoms with Gasteiger partial charge in [-0.2, -0.15) is 0 Å². The SMILES string of the molecule is CCCCCc1ccc(-c2ccc(-c3ccc(CC)cc3)cc2)c(Cl)c1F. The van der Waals surface area contributed by atoms with Crippen molar-refractivity contribution in [3.63, 3.8) is 0 Å². The van der Waals surface area contributed by atoms with Crippen molar-refractivity contribution in [2.45, 2.75) is 46.0 Å². The molecule has 0 heterocycles. The molecule has 2 heteroatoms. The van der Waals surface area contributed by atoms with Gasteiger partial charge in [0.05, 0.1) is 5.02 Å². The lowest BCUT2D eigenvalue weighted by Crippen LogP contribution is -1.94. The molecule has 3 aromatic rings. The zero-order valence-corrected chi connectivity index (χ0v) is 16.8. The van der Waals surface area contributed by atoms with E-state index in [1.807, 2.05) is 24.3 Å². The van der Waals surface area contributed by atoms with Crippen molar-refractivity contribution in [2.75, 3.05) is 0 Å². The molecule has 0 nitrogen and oxygen atoms in total. The lowest BCUT2D eigenvalue weighted by Gasteiger charge is -2.11. The van der Waals surface area contributed by atoms with E-state index in [9.17, 15) is 4.39 Å². The summed E-state index contributed by atoms with van der Waals surface area (Å²) in [7, 11) is 0. The van der Waals surface area contributed by atoms with Gasteiger partial charge in [0.25, 0.3) is 0 Å². The zero-order chi connectivity index (χ0) is 19.2. The Bertz CT molecular complexity index is 879. The van der Waals surface area contributed by atoms with Crippen molar-refractivity contribution in [3.8, 4) is 22.3 Å². The van der Waals surface area contributed by atoms with Crippen molar-refractivity contribution >= 4 is 11.6 Å². The van der Waals surface area contributed by atoms with Gasteiger partial charge in [-0.15, -0.1) is 0 Å². The summed E-state index contributed by atoms with van der Waals surface area (Å²) < 4.78 is 14.7. The van der Waals surface area contributed by atoms with Gasteiger partial charge < -0.3 is 0 Å². The Hall–Kier alpha value is -2.12. The third-order valence-corrected chi connectivity index (χ3v) is 5.47. The molecule has 0 fully saturated rings. The summed E-state index contributed by atoms with van der Waals surface area (Å²) >= 11 is 6.36. The first-order chi connectivity index (χ1) is 13.1. The van der Waals surface area contributed by atoms with Crippen molar-refractivity contribution in [1.29, 1.82) is 0 Å². The lowest BCUT2D eigenvalue weighted by atomic mass is 9.97. The molecule has 0 atom stereocenters. The minimum Gasteiger partial charge on any atom is -0.205 e. The molecule has 0 spiro atoms. The lowest BCUT2D eigenvalue weighted by molar-refractivity contribution is 0.599. The van der Waals surface area contributed by atoms with Crippen molar-refractivity contribution < 1.29 is 4.39 Å². The Kier molecular flexibility index (Phi) is 6.68. The molecule has 0 aromatic heterocycles. The van der Waals surface area contributed by atoms with E-state index in [0.29, 0.717) is 5.56 Å². The van der Waals surface area contributed by atoms with Gasteiger partial charge in [-0.1, -0.05) is 99.0 Å². The molecule has 0 saturated carbocycles. The Morgan fingerprint density at radius 1 is 0.741 bits per heavy atom. The molecule has 27 heavy (non-hydrogen) atoms. The molecule has 140 valence electrons. The van der Waals surface area contributed by atoms with Gasteiger partial charge in [-0.05, 0) is 47.1 Å². The normalized spacial score (nSPS) is 11.0. The van der Waals surface area contributed by atoms with Gasteiger partial charge in [-0.3, -0.25) is 0 Å². The average molecular weight is 381 g/mol. The van der Waals surface area contributed by atoms with Crippen LogP contribution in [0.3, 0.4) is 0 Å². The molecular formula is C25H26ClF. The van der Waals surface area contributed by atoms with E-state index in [1.54, 1.807) is 0 Å². The number of aryl methyl sites for hydroxylation is 2. The van der Waals surface area contributed by atoms with Gasteiger partial charge in [0, 0.05) is 5.56 Å². The summed E-state index contributed by atoms with van der Waals surface area (Å²) in [5, 5.41) is 0.226. The molecule has 0 radical (unpaired) electrons. The summed E-state index contributed by atoms with van der Waals surface area (Å²) in [6.45, 7) is 4.30. The minimum absolute atomic E-state index is 0.226. The summed E-state index contributed by atoms with van der Waals surface area (Å²) in [5.74, 6) is -0.274. The Balaban J connectivity index is 1.83. The largest absolute Gasteiger partial charge is 0.205 e. The van der Waals surface area contributed by atoms with Gasteiger partial charge in [0.2, 0.25) is 0 Å². The van der Waals surface area contributed by atoms with Gasteiger partial charge in [0.15, 0.2) is 0 Å². The standard InChI is InChI=1S/C25H26ClF/c1-3-5-6-7-22-16-17-23(24(26)25(22)27)21-14-12-20(13-15-21)19-10-8-18(4-2)9-11-19/h8-17H,3-7H2,1-2H3. The Morgan fingerprint density at radius 3 is 1.93 bits per heavy atom. The van der Waals surface area contributed by atoms with Crippen LogP contribution in [-0.4, -0.2) is 0 Å². The second kappa shape index (κ2) is 9.19. The highest BCUT2D eigenvalue weighted by Gasteiger charge is 2.13. The molecule has 0 aliphatic rings. The number of halogens is 2. The Labute approximate surface area is 167 Å². The molecule has 0 saturated heterocycles. The quantitative estimate of drug-likeness (QED) is 0.363. The molecular weight excluding hydrogens is 355 g/mol. The fourth-order valence-electron chi connectivity index (χ4n) is 3.35. The van der Waals surface area contributed by atoms with Crippen LogP contribution in [0.1, 0.15) is 44.2 Å². The number of unbranched alkanes of at least 4 members (excludes halogenated alkanes) is 2. The molecule has 0 unspecified atom stereocenters. The molecule has 0 aliphatic heterocycles. The van der Waals surface area contributed by atoms with Gasteiger partial charge in [-0.25, -0.2) is 4.39 Å². The smallest absolute Gasteiger partial charge is 0.145 e. The average Bonchev–Trinajstić information content (AvgIpc) is 2.72. The van der Waals surface area contributed by atoms with E-state index >= 15 is 0 Å². The highest BCUT2D eigenvalue weighted by molar-refractivity contribution is 6.33. The van der Waals surface area contributed by atoms with Crippen LogP contribution in [0.15, 0.2) is 60.7 Å². The molecule has 0 N–H and O–H groups in total. The van der Waals surface area contributed by atoms with E-state index in [2.05, 4.69) is 50.2 Å². The first-order valence-electron chi connectivity index (χ1n) is 9.80. The third-order valence-electron chi connectivity index (χ3n) is 5.10. The molecule has 3 aromatic carbocycles. The van der Waals surface area contributed by atoms with E-state index in [4.69, 9.17) is 11.6 Å². The van der Waals surface area contributed by atoms with Crippen molar-refractivity contribution in [2.24, 2.45) is 0 Å². The number of hydrogen-bond donors (Lipinski definition) is 0. The van der Waals surface area contributed by atoms with Crippen LogP contribution in [0.5, 0.6) is 0 Å². The number of hydrogen-bond acceptors (Lipinski definition) is 0. The highest BCUT2D eigenvalue weighted by atomic mass is 35.5. The maximum absolute atomic E-state index is 14.7. The van der Waals surface area contributed by atoms with E-state index in [-0.39, 0.29) is 10.8 Å². The zero-order valence-electron chi connectivity index (χ0n) is 16.1. The van der Waals surface area contributed by atoms with Crippen LogP contribution in [0.4, 0.5) is 4.39 Å². The fourth-order valence-corrected chi connectivity index (χ4v) is 3.64. The maximum atomic E-state index is 14.7. The summed E-state index contributed by atoms with van der Waals surface area (Å²) in [4.78, 5) is 0. The van der Waals surface area contributed by atoms with Crippen LogP contribution < -0.4 is 0 Å². The van der Waals surface area contributed by atoms with Crippen LogP contribution in [0.2, 0.25) is 5.02 Å². The fraction of sp³-hybridized carbons (Fsp3) is 0.280. The van der Waals surface area contributed by atoms with Crippen molar-refractivity contribution in [3.05, 3.63) is 82.6 Å². The number of benzene rings is 3. The molecule has 0 amide bonds. The number of rotatable bonds is 7. The summed E-state index contributed by atoms with van der Waals surface area (Å²) in [5.41, 5.74) is 6.06. The second-order valence-electron chi connectivity index (χ2n) is 6.99. The maximum Gasteiger partial charge on any atom is 0.145 e. The monoisotopic (exact) mass is 380 g/mol. The second-order valence-corrected chi connectivity index (χ2v) is 7.36. The van der Waals surface area contributed by atoms with Crippen LogP contribution in [0.25, 0.3) is 22.3 Å². The molecule has 0 bridgehead atoms. The Morgan fingerprint density at radius 2 is 1.33 bits per heavy atom. The summed E-state index contributed by atoms with van der Waals surface area (Å²) in [6.07, 6.45) is 5.01. The van der Waals surface area contributed by atoms with E-state index in [0.717, 1.165) is 48.8 Å². The molecule has 3 rings (SSSR count). The van der Waals surface area contributed by atoms with E-state index in [1.165, 1.54) is 11.1 Å². The van der Waals surface area contributed by atoms with Crippen LogP contribution in [0, 0.1) is 5.82 Å². The van der Waals surface area contributed by atoms with Gasteiger partial charge >= 0.3 is 0 Å². The topological polar surface area (TPSA) is 0 Å². The first-order valence-corrected chi connectivity index (χ1v) is 10.2. The predicted octanol–water partition coefficient (Wildman–Crippen LogP) is 8.11. The van der Waals surface area contributed by atoms with E-state index < -0.39 is 0 Å². The van der Waals surface area contributed by atoms with Gasteiger partial charge in [0.1, 0.15) is 5.82 Å². The molecule has 0 aliphatic carbocycles. The highest BCUT2D eigenvalue weighted by Crippen LogP contribution is 2.33. The predicted molar refractivity (Wildman–Crippen MR) is 115 cm³/mol. The van der Waals surface area contributed by atoms with Crippen LogP contribution in [-0.2, 0) is 12.8 Å². The van der Waals surface area contributed by atoms with Crippen LogP contribution >= 0.6 is 11.6 Å². The third kappa shape index (κ3) is 4.59. The van der Waals surface area contributed by atoms with Crippen molar-refractivity contribution in [1.82, 2.24) is 0 Å².